The van der Waals surface area contributed by atoms with E-state index in [1.165, 1.54) is 11.3 Å². The molecule has 2 N–H and O–H groups in total. The number of nitrogens with one attached hydrogen (secondary N) is 2. The second kappa shape index (κ2) is 14.3. The number of amides is 1. The molecule has 7 nitrogen and oxygen atoms in total. The van der Waals surface area contributed by atoms with Gasteiger partial charge in [0.05, 0.1) is 28.6 Å². The summed E-state index contributed by atoms with van der Waals surface area (Å²) in [5.74, 6) is 0.359. The van der Waals surface area contributed by atoms with Crippen molar-refractivity contribution >= 4 is 57.2 Å². The summed E-state index contributed by atoms with van der Waals surface area (Å²) in [6, 6.07) is 9.18. The third kappa shape index (κ3) is 6.83. The summed E-state index contributed by atoms with van der Waals surface area (Å²) < 4.78 is 37.0. The molecular formula is C30H37Cl2F2N5O2S. The van der Waals surface area contributed by atoms with E-state index in [1.54, 1.807) is 13.2 Å². The molecule has 0 saturated carbocycles. The fourth-order valence-corrected chi connectivity index (χ4v) is 6.88. The van der Waals surface area contributed by atoms with Gasteiger partial charge in [0.25, 0.3) is 5.91 Å². The molecule has 2 aliphatic heterocycles. The molecule has 0 aliphatic carbocycles. The summed E-state index contributed by atoms with van der Waals surface area (Å²) in [6.07, 6.45) is 5.33. The molecule has 2 saturated heterocycles. The molecule has 6 rings (SSSR count). The zero-order valence-electron chi connectivity index (χ0n) is 23.5. The molecule has 1 amide bonds. The lowest BCUT2D eigenvalue weighted by molar-refractivity contribution is 0.0947. The van der Waals surface area contributed by atoms with Crippen molar-refractivity contribution in [3.63, 3.8) is 0 Å². The molecule has 42 heavy (non-hydrogen) atoms. The number of ether oxygens (including phenoxy) is 1. The Morgan fingerprint density at radius 1 is 1.19 bits per heavy atom. The number of halogens is 4. The van der Waals surface area contributed by atoms with Crippen molar-refractivity contribution in [3.8, 4) is 17.0 Å². The van der Waals surface area contributed by atoms with Crippen molar-refractivity contribution in [3.05, 3.63) is 53.5 Å². The van der Waals surface area contributed by atoms with E-state index in [2.05, 4.69) is 15.5 Å². The molecule has 2 aromatic carbocycles. The van der Waals surface area contributed by atoms with Gasteiger partial charge in [0.15, 0.2) is 4.96 Å². The van der Waals surface area contributed by atoms with Gasteiger partial charge in [0.2, 0.25) is 0 Å². The Morgan fingerprint density at radius 3 is 2.71 bits per heavy atom. The Balaban J connectivity index is 0.00000202. The average Bonchev–Trinajstić information content (AvgIpc) is 3.53. The highest BCUT2D eigenvalue weighted by Gasteiger charge is 2.21. The largest absolute Gasteiger partial charge is 0.496 e. The van der Waals surface area contributed by atoms with Gasteiger partial charge in [-0.25, -0.2) is 13.8 Å². The first-order valence-corrected chi connectivity index (χ1v) is 15.0. The van der Waals surface area contributed by atoms with Crippen LogP contribution in [0.1, 0.15) is 53.9 Å². The molecular weight excluding hydrogens is 603 g/mol. The molecule has 1 unspecified atom stereocenters. The van der Waals surface area contributed by atoms with Gasteiger partial charge in [0.1, 0.15) is 17.7 Å². The van der Waals surface area contributed by atoms with E-state index in [1.807, 2.05) is 34.9 Å². The van der Waals surface area contributed by atoms with E-state index in [0.717, 1.165) is 72.7 Å². The minimum Gasteiger partial charge on any atom is -0.496 e. The Bertz CT molecular complexity index is 1520. The molecule has 0 radical (unpaired) electrons. The van der Waals surface area contributed by atoms with E-state index < -0.39 is 6.17 Å². The Hall–Kier alpha value is -2.50. The topological polar surface area (TPSA) is 70.9 Å². The lowest BCUT2D eigenvalue weighted by Crippen LogP contribution is -2.36. The number of thiazole rings is 1. The van der Waals surface area contributed by atoms with E-state index >= 15 is 4.39 Å². The highest BCUT2D eigenvalue weighted by atomic mass is 35.5. The van der Waals surface area contributed by atoms with Gasteiger partial charge in [-0.3, -0.25) is 9.20 Å². The number of carbonyl (C=O) groups is 1. The summed E-state index contributed by atoms with van der Waals surface area (Å²) in [7, 11) is 1.55. The number of hydrogen-bond donors (Lipinski definition) is 2. The van der Waals surface area contributed by atoms with Crippen LogP contribution < -0.4 is 15.4 Å². The number of benzene rings is 2. The number of alkyl halides is 1. The number of rotatable bonds is 8. The third-order valence-electron chi connectivity index (χ3n) is 8.15. The number of fused-ring (bicyclic) bond motifs is 3. The molecule has 0 bridgehead atoms. The Labute approximate surface area is 260 Å². The van der Waals surface area contributed by atoms with Gasteiger partial charge < -0.3 is 20.3 Å². The smallest absolute Gasteiger partial charge is 0.255 e. The molecule has 2 aromatic heterocycles. The molecule has 2 fully saturated rings. The lowest BCUT2D eigenvalue weighted by atomic mass is 9.91. The number of hydrogen-bond acceptors (Lipinski definition) is 6. The van der Waals surface area contributed by atoms with Crippen LogP contribution in [-0.4, -0.2) is 72.7 Å². The van der Waals surface area contributed by atoms with Crippen LogP contribution in [0.25, 0.3) is 26.4 Å². The minimum atomic E-state index is -0.679. The molecule has 2 aliphatic rings. The van der Waals surface area contributed by atoms with Crippen LogP contribution in [0.4, 0.5) is 8.78 Å². The van der Waals surface area contributed by atoms with Gasteiger partial charge in [-0.1, -0.05) is 17.4 Å². The van der Waals surface area contributed by atoms with Crippen LogP contribution in [-0.2, 0) is 0 Å². The van der Waals surface area contributed by atoms with Crippen LogP contribution in [0.5, 0.6) is 5.75 Å². The molecule has 4 aromatic rings. The molecule has 228 valence electrons. The maximum atomic E-state index is 15.2. The number of piperidine rings is 2. The summed E-state index contributed by atoms with van der Waals surface area (Å²) in [6.45, 7) is 4.84. The zero-order chi connectivity index (χ0) is 27.6. The van der Waals surface area contributed by atoms with Crippen molar-refractivity contribution in [1.82, 2.24) is 24.9 Å². The second-order valence-electron chi connectivity index (χ2n) is 10.8. The van der Waals surface area contributed by atoms with Crippen molar-refractivity contribution in [2.75, 3.05) is 46.4 Å². The number of carbonyl (C=O) groups excluding carboxylic acids is 1. The van der Waals surface area contributed by atoms with E-state index in [0.29, 0.717) is 47.9 Å². The molecule has 4 heterocycles. The molecule has 12 heteroatoms. The lowest BCUT2D eigenvalue weighted by Gasteiger charge is -2.28. The number of aromatic nitrogens is 2. The third-order valence-corrected chi connectivity index (χ3v) is 9.17. The predicted octanol–water partition coefficient (Wildman–Crippen LogP) is 6.23. The highest BCUT2D eigenvalue weighted by molar-refractivity contribution is 7.23. The zero-order valence-corrected chi connectivity index (χ0v) is 26.0. The molecule has 0 spiro atoms. The predicted molar refractivity (Wildman–Crippen MR) is 169 cm³/mol. The van der Waals surface area contributed by atoms with E-state index in [9.17, 15) is 9.18 Å². The monoisotopic (exact) mass is 639 g/mol. The van der Waals surface area contributed by atoms with Gasteiger partial charge in [0, 0.05) is 44.0 Å². The quantitative estimate of drug-likeness (QED) is 0.224. The number of methoxy groups -OCH3 is 1. The van der Waals surface area contributed by atoms with Crippen molar-refractivity contribution in [1.29, 1.82) is 0 Å². The van der Waals surface area contributed by atoms with Crippen LogP contribution >= 0.6 is 36.2 Å². The minimum absolute atomic E-state index is 0. The number of nitrogens with zero attached hydrogens (tertiary/aromatic N) is 3. The highest BCUT2D eigenvalue weighted by Crippen LogP contribution is 2.35. The fraction of sp³-hybridized carbons (Fsp3) is 0.467. The van der Waals surface area contributed by atoms with Crippen molar-refractivity contribution in [2.45, 2.75) is 44.2 Å². The number of imidazole rings is 1. The number of likely N-dealkylation sites (tertiary alicyclic amines) is 1. The Kier molecular flexibility index (Phi) is 11.0. The van der Waals surface area contributed by atoms with E-state index in [4.69, 9.17) is 9.72 Å². The first-order valence-electron chi connectivity index (χ1n) is 14.1. The summed E-state index contributed by atoms with van der Waals surface area (Å²) in [5, 5.41) is 6.39. The van der Waals surface area contributed by atoms with Crippen LogP contribution in [0.2, 0.25) is 0 Å². The van der Waals surface area contributed by atoms with Gasteiger partial charge in [-0.15, -0.1) is 24.8 Å². The molecule has 1 atom stereocenters. The summed E-state index contributed by atoms with van der Waals surface area (Å²) >= 11 is 1.46. The first kappa shape index (κ1) is 32.4. The van der Waals surface area contributed by atoms with Gasteiger partial charge >= 0.3 is 0 Å². The maximum Gasteiger partial charge on any atom is 0.255 e. The fourth-order valence-electron chi connectivity index (χ4n) is 5.86. The SMILES string of the molecule is COc1cc2c(cc1C(=O)NCCCN1CCC(F)CC1)sc1nc(-c3ccc(C4CCCNC4)cc3F)cn12.Cl.Cl. The summed E-state index contributed by atoms with van der Waals surface area (Å²) in [5.41, 5.74) is 3.41. The Morgan fingerprint density at radius 2 is 2.00 bits per heavy atom. The van der Waals surface area contributed by atoms with Crippen molar-refractivity contribution in [2.24, 2.45) is 0 Å². The van der Waals surface area contributed by atoms with Crippen LogP contribution in [0.15, 0.2) is 36.5 Å². The van der Waals surface area contributed by atoms with Gasteiger partial charge in [-0.2, -0.15) is 0 Å². The average molecular weight is 641 g/mol. The second-order valence-corrected chi connectivity index (χ2v) is 11.8. The van der Waals surface area contributed by atoms with Crippen LogP contribution in [0.3, 0.4) is 0 Å². The summed E-state index contributed by atoms with van der Waals surface area (Å²) in [4.78, 5) is 20.7. The van der Waals surface area contributed by atoms with Crippen molar-refractivity contribution < 1.29 is 18.3 Å². The van der Waals surface area contributed by atoms with Crippen LogP contribution in [0, 0.1) is 5.82 Å². The maximum absolute atomic E-state index is 15.2. The van der Waals surface area contributed by atoms with E-state index in [-0.39, 0.29) is 36.5 Å². The first-order chi connectivity index (χ1) is 19.5. The van der Waals surface area contributed by atoms with Gasteiger partial charge in [-0.05, 0) is 74.9 Å². The standard InChI is InChI=1S/C30H35F2N5O2S.2ClH/c1-39-27-16-26-28(15-23(27)29(38)34-10-3-11-36-12-7-21(31)8-13-36)40-30-35-25(18-37(26)30)22-6-5-19(14-24(22)32)20-4-2-9-33-17-20;;/h5-6,14-16,18,20-21,33H,2-4,7-13,17H2,1H3,(H,34,38);2*1H. The normalized spacial score (nSPS) is 18.0.